The van der Waals surface area contributed by atoms with Crippen LogP contribution in [0.25, 0.3) is 10.1 Å². The van der Waals surface area contributed by atoms with Crippen LogP contribution in [0.2, 0.25) is 0 Å². The first-order valence-electron chi connectivity index (χ1n) is 13.6. The van der Waals surface area contributed by atoms with Crippen LogP contribution in [0.3, 0.4) is 0 Å². The van der Waals surface area contributed by atoms with Crippen LogP contribution >= 0.6 is 18.5 Å². The SMILES string of the molecule is CN(C)C1CCC(Nc2cccc3c(CC(F)(F)F)c(C#CCNc4ccc(P(C)(C)=O)cc4OC(F)F)sc23)CC1. The number of ether oxygens (including phenoxy) is 1. The number of hydrogen-bond acceptors (Lipinski definition) is 6. The lowest BCUT2D eigenvalue weighted by Crippen LogP contribution is -2.36. The van der Waals surface area contributed by atoms with Crippen LogP contribution < -0.4 is 20.7 Å². The summed E-state index contributed by atoms with van der Waals surface area (Å²) in [5.41, 5.74) is 1.14. The number of halogens is 5. The van der Waals surface area contributed by atoms with Gasteiger partial charge >= 0.3 is 12.8 Å². The lowest BCUT2D eigenvalue weighted by Gasteiger charge is -2.33. The highest BCUT2D eigenvalue weighted by Crippen LogP contribution is 2.40. The van der Waals surface area contributed by atoms with Crippen LogP contribution in [0.4, 0.5) is 33.3 Å². The van der Waals surface area contributed by atoms with Gasteiger partial charge in [0.15, 0.2) is 0 Å². The molecule has 1 heterocycles. The highest BCUT2D eigenvalue weighted by Gasteiger charge is 2.31. The van der Waals surface area contributed by atoms with Crippen molar-refractivity contribution in [3.05, 3.63) is 46.8 Å². The Morgan fingerprint density at radius 1 is 1.10 bits per heavy atom. The third-order valence-corrected chi connectivity index (χ3v) is 10.1. The third kappa shape index (κ3) is 8.40. The summed E-state index contributed by atoms with van der Waals surface area (Å²) in [7, 11) is 1.44. The van der Waals surface area contributed by atoms with Crippen molar-refractivity contribution in [2.75, 3.05) is 44.6 Å². The van der Waals surface area contributed by atoms with E-state index in [0.29, 0.717) is 21.6 Å². The maximum absolute atomic E-state index is 13.6. The molecule has 0 amide bonds. The van der Waals surface area contributed by atoms with Gasteiger partial charge in [-0.25, -0.2) is 0 Å². The molecular weight excluding hydrogens is 592 g/mol. The van der Waals surface area contributed by atoms with E-state index in [4.69, 9.17) is 0 Å². The second-order valence-electron chi connectivity index (χ2n) is 11.1. The van der Waals surface area contributed by atoms with Crippen molar-refractivity contribution in [2.24, 2.45) is 0 Å². The minimum absolute atomic E-state index is 0.0330. The smallest absolute Gasteiger partial charge is 0.393 e. The topological polar surface area (TPSA) is 53.6 Å². The van der Waals surface area contributed by atoms with Crippen LogP contribution in [0, 0.1) is 11.8 Å². The number of fused-ring (bicyclic) bond motifs is 1. The zero-order valence-corrected chi connectivity index (χ0v) is 25.7. The third-order valence-electron chi connectivity index (χ3n) is 7.35. The molecule has 228 valence electrons. The number of anilines is 2. The van der Waals surface area contributed by atoms with Gasteiger partial charge < -0.3 is 24.8 Å². The van der Waals surface area contributed by atoms with Crippen molar-refractivity contribution in [3.8, 4) is 17.6 Å². The Hall–Kier alpha value is -2.80. The van der Waals surface area contributed by atoms with Gasteiger partial charge in [-0.15, -0.1) is 11.3 Å². The van der Waals surface area contributed by atoms with Crippen LogP contribution in [0.15, 0.2) is 36.4 Å². The monoisotopic (exact) mass is 627 g/mol. The summed E-state index contributed by atoms with van der Waals surface area (Å²) in [6.45, 7) is -0.0796. The van der Waals surface area contributed by atoms with Crippen molar-refractivity contribution >= 4 is 45.2 Å². The number of nitrogens with one attached hydrogen (secondary N) is 2. The van der Waals surface area contributed by atoms with Gasteiger partial charge in [0.25, 0.3) is 0 Å². The van der Waals surface area contributed by atoms with E-state index < -0.39 is 26.4 Å². The normalized spacial score (nSPS) is 17.8. The molecule has 0 aliphatic heterocycles. The number of rotatable bonds is 9. The first-order chi connectivity index (χ1) is 19.7. The molecule has 4 rings (SSSR count). The Morgan fingerprint density at radius 3 is 2.43 bits per heavy atom. The summed E-state index contributed by atoms with van der Waals surface area (Å²) >= 11 is 1.22. The van der Waals surface area contributed by atoms with Gasteiger partial charge in [0.1, 0.15) is 12.9 Å². The minimum Gasteiger partial charge on any atom is -0.433 e. The summed E-state index contributed by atoms with van der Waals surface area (Å²) < 4.78 is 84.6. The lowest BCUT2D eigenvalue weighted by atomic mass is 9.90. The van der Waals surface area contributed by atoms with Gasteiger partial charge in [-0.1, -0.05) is 24.0 Å². The van der Waals surface area contributed by atoms with Gasteiger partial charge in [-0.05, 0) is 88.3 Å². The van der Waals surface area contributed by atoms with Crippen LogP contribution in [0.5, 0.6) is 5.75 Å². The summed E-state index contributed by atoms with van der Waals surface area (Å²) in [6, 6.07) is 10.5. The first kappa shape index (κ1) is 32.1. The highest BCUT2D eigenvalue weighted by atomic mass is 32.1. The Balaban J connectivity index is 1.58. The summed E-state index contributed by atoms with van der Waals surface area (Å²) in [5.74, 6) is 5.54. The van der Waals surface area contributed by atoms with E-state index in [-0.39, 0.29) is 29.6 Å². The molecule has 2 aromatic carbocycles. The maximum Gasteiger partial charge on any atom is 0.393 e. The van der Waals surface area contributed by atoms with Crippen LogP contribution in [-0.4, -0.2) is 63.7 Å². The van der Waals surface area contributed by atoms with E-state index in [0.717, 1.165) is 36.1 Å². The molecule has 5 nitrogen and oxygen atoms in total. The van der Waals surface area contributed by atoms with Crippen LogP contribution in [0.1, 0.15) is 36.1 Å². The van der Waals surface area contributed by atoms with Gasteiger partial charge in [0.05, 0.1) is 33.9 Å². The number of thiophene rings is 1. The van der Waals surface area contributed by atoms with E-state index in [1.54, 1.807) is 18.2 Å². The second kappa shape index (κ2) is 13.2. The molecule has 12 heteroatoms. The van der Waals surface area contributed by atoms with E-state index in [1.165, 1.54) is 36.8 Å². The second-order valence-corrected chi connectivity index (χ2v) is 15.3. The highest BCUT2D eigenvalue weighted by molar-refractivity contribution is 7.70. The average Bonchev–Trinajstić information content (AvgIpc) is 3.23. The van der Waals surface area contributed by atoms with Crippen molar-refractivity contribution < 1.29 is 31.3 Å². The Kier molecular flexibility index (Phi) is 10.1. The number of nitrogens with zero attached hydrogens (tertiary/aromatic N) is 1. The molecule has 2 N–H and O–H groups in total. The minimum atomic E-state index is -4.42. The summed E-state index contributed by atoms with van der Waals surface area (Å²) in [5, 5.41) is 7.36. The summed E-state index contributed by atoms with van der Waals surface area (Å²) in [4.78, 5) is 2.54. The first-order valence-corrected chi connectivity index (χ1v) is 17.0. The maximum atomic E-state index is 13.6. The summed E-state index contributed by atoms with van der Waals surface area (Å²) in [6.07, 6.45) is -1.47. The number of alkyl halides is 5. The molecule has 1 aliphatic rings. The largest absolute Gasteiger partial charge is 0.433 e. The molecule has 0 bridgehead atoms. The van der Waals surface area contributed by atoms with Crippen molar-refractivity contribution in [1.82, 2.24) is 4.90 Å². The van der Waals surface area contributed by atoms with E-state index in [1.807, 2.05) is 6.07 Å². The van der Waals surface area contributed by atoms with Crippen LogP contribution in [-0.2, 0) is 11.0 Å². The Morgan fingerprint density at radius 2 is 1.81 bits per heavy atom. The van der Waals surface area contributed by atoms with E-state index >= 15 is 0 Å². The predicted molar refractivity (Wildman–Crippen MR) is 162 cm³/mol. The average molecular weight is 628 g/mol. The van der Waals surface area contributed by atoms with Crippen molar-refractivity contribution in [2.45, 2.75) is 57.0 Å². The molecule has 0 atom stereocenters. The molecule has 0 radical (unpaired) electrons. The number of benzene rings is 2. The molecule has 1 aromatic heterocycles. The van der Waals surface area contributed by atoms with E-state index in [2.05, 4.69) is 46.2 Å². The molecular formula is C30H35F5N3O2PS. The Labute approximate surface area is 247 Å². The fourth-order valence-electron chi connectivity index (χ4n) is 5.17. The van der Waals surface area contributed by atoms with Gasteiger partial charge in [0.2, 0.25) is 0 Å². The molecule has 0 saturated heterocycles. The molecule has 0 unspecified atom stereocenters. The van der Waals surface area contributed by atoms with Gasteiger partial charge in [0, 0.05) is 17.4 Å². The standard InChI is InChI=1S/C30H35F5N3O2PS/c1-38(2)20-12-10-19(11-13-20)37-25-8-5-7-22-23(18-30(33,34)35)27(42-28(22)25)9-6-16-36-24-15-14-21(41(3,4)39)17-26(24)40-29(31)32/h5,7-8,14-15,17,19-20,29,36-37H,10-13,16,18H2,1-4H3. The Bertz CT molecular complexity index is 1500. The lowest BCUT2D eigenvalue weighted by molar-refractivity contribution is -0.126. The van der Waals surface area contributed by atoms with Gasteiger partial charge in [-0.2, -0.15) is 22.0 Å². The fourth-order valence-corrected chi connectivity index (χ4v) is 7.20. The van der Waals surface area contributed by atoms with Crippen molar-refractivity contribution in [3.63, 3.8) is 0 Å². The fraction of sp³-hybridized carbons (Fsp3) is 0.467. The predicted octanol–water partition coefficient (Wildman–Crippen LogP) is 7.60. The van der Waals surface area contributed by atoms with E-state index in [9.17, 15) is 26.5 Å². The molecule has 42 heavy (non-hydrogen) atoms. The van der Waals surface area contributed by atoms with Gasteiger partial charge in [-0.3, -0.25) is 0 Å². The quantitative estimate of drug-likeness (QED) is 0.145. The zero-order valence-electron chi connectivity index (χ0n) is 23.9. The number of hydrogen-bond donors (Lipinski definition) is 2. The molecule has 0 spiro atoms. The zero-order chi connectivity index (χ0) is 30.7. The molecule has 1 saturated carbocycles. The molecule has 3 aromatic rings. The van der Waals surface area contributed by atoms with Crippen molar-refractivity contribution in [1.29, 1.82) is 0 Å². The molecule has 1 fully saturated rings. The molecule has 1 aliphatic carbocycles.